The standard InChI is InChI=1S/C24H23F3N2O4/c25-24(26,27)33-21-8-6-18(7-9-21)16-28-11-13-29(14-12-28)23(30)22-19(10-15-31-22)17-32-20-4-2-1-3-5-20/h1-10,15H,11-14,16-17H2. The molecule has 1 amide bonds. The van der Waals surface area contributed by atoms with Crippen molar-refractivity contribution in [3.8, 4) is 11.5 Å². The van der Waals surface area contributed by atoms with Gasteiger partial charge in [0.25, 0.3) is 5.91 Å². The Hall–Kier alpha value is -3.46. The molecule has 6 nitrogen and oxygen atoms in total. The highest BCUT2D eigenvalue weighted by Gasteiger charge is 2.31. The van der Waals surface area contributed by atoms with Crippen molar-refractivity contribution in [3.05, 3.63) is 83.8 Å². The molecule has 0 N–H and O–H groups in total. The highest BCUT2D eigenvalue weighted by molar-refractivity contribution is 5.93. The van der Waals surface area contributed by atoms with Crippen LogP contribution in [-0.4, -0.2) is 48.2 Å². The third-order valence-electron chi connectivity index (χ3n) is 5.30. The van der Waals surface area contributed by atoms with Gasteiger partial charge in [-0.25, -0.2) is 0 Å². The van der Waals surface area contributed by atoms with Gasteiger partial charge in [0, 0.05) is 38.3 Å². The number of piperazine rings is 1. The zero-order valence-electron chi connectivity index (χ0n) is 17.8. The number of benzene rings is 2. The Morgan fingerprint density at radius 2 is 1.61 bits per heavy atom. The Bertz CT molecular complexity index is 1040. The molecule has 1 aliphatic heterocycles. The summed E-state index contributed by atoms with van der Waals surface area (Å²) < 4.78 is 52.0. The minimum atomic E-state index is -4.70. The van der Waals surface area contributed by atoms with E-state index in [9.17, 15) is 18.0 Å². The van der Waals surface area contributed by atoms with Crippen LogP contribution in [0.3, 0.4) is 0 Å². The Kier molecular flexibility index (Phi) is 6.88. The second-order valence-corrected chi connectivity index (χ2v) is 7.64. The van der Waals surface area contributed by atoms with Gasteiger partial charge in [0.15, 0.2) is 5.76 Å². The molecule has 0 atom stereocenters. The summed E-state index contributed by atoms with van der Waals surface area (Å²) >= 11 is 0. The minimum absolute atomic E-state index is 0.181. The molecule has 3 aromatic rings. The number of hydrogen-bond donors (Lipinski definition) is 0. The lowest BCUT2D eigenvalue weighted by Crippen LogP contribution is -2.48. The SMILES string of the molecule is O=C(c1occc1COc1ccccc1)N1CCN(Cc2ccc(OC(F)(F)F)cc2)CC1. The molecule has 2 aromatic carbocycles. The van der Waals surface area contributed by atoms with Crippen LogP contribution in [0.15, 0.2) is 71.3 Å². The molecule has 1 saturated heterocycles. The zero-order chi connectivity index (χ0) is 23.3. The van der Waals surface area contributed by atoms with Crippen LogP contribution in [0.4, 0.5) is 13.2 Å². The van der Waals surface area contributed by atoms with Crippen LogP contribution >= 0.6 is 0 Å². The Morgan fingerprint density at radius 1 is 0.909 bits per heavy atom. The molecule has 0 saturated carbocycles. The monoisotopic (exact) mass is 460 g/mol. The van der Waals surface area contributed by atoms with Gasteiger partial charge in [0.2, 0.25) is 0 Å². The first kappa shape index (κ1) is 22.7. The van der Waals surface area contributed by atoms with E-state index in [0.717, 1.165) is 5.56 Å². The molecular formula is C24H23F3N2O4. The molecule has 0 radical (unpaired) electrons. The lowest BCUT2D eigenvalue weighted by molar-refractivity contribution is -0.274. The maximum absolute atomic E-state index is 13.0. The number of ether oxygens (including phenoxy) is 2. The van der Waals surface area contributed by atoms with Crippen LogP contribution in [0.5, 0.6) is 11.5 Å². The number of para-hydroxylation sites is 1. The summed E-state index contributed by atoms with van der Waals surface area (Å²) in [5.41, 5.74) is 1.56. The van der Waals surface area contributed by atoms with E-state index < -0.39 is 6.36 Å². The first-order valence-electron chi connectivity index (χ1n) is 10.5. The third kappa shape index (κ3) is 6.29. The quantitative estimate of drug-likeness (QED) is 0.511. The number of alkyl halides is 3. The summed E-state index contributed by atoms with van der Waals surface area (Å²) in [6.07, 6.45) is -3.22. The molecule has 174 valence electrons. The van der Waals surface area contributed by atoms with E-state index in [-0.39, 0.29) is 24.0 Å². The fourth-order valence-electron chi connectivity index (χ4n) is 3.62. The molecule has 0 spiro atoms. The van der Waals surface area contributed by atoms with Crippen LogP contribution in [0.25, 0.3) is 0 Å². The van der Waals surface area contributed by atoms with Gasteiger partial charge in [-0.2, -0.15) is 0 Å². The Balaban J connectivity index is 1.28. The number of furan rings is 1. The fourth-order valence-corrected chi connectivity index (χ4v) is 3.62. The van der Waals surface area contributed by atoms with Gasteiger partial charge in [-0.3, -0.25) is 9.69 Å². The molecule has 9 heteroatoms. The molecule has 1 aliphatic rings. The van der Waals surface area contributed by atoms with Gasteiger partial charge in [-0.05, 0) is 35.9 Å². The molecule has 4 rings (SSSR count). The van der Waals surface area contributed by atoms with E-state index in [4.69, 9.17) is 9.15 Å². The van der Waals surface area contributed by atoms with Gasteiger partial charge in [0.1, 0.15) is 18.1 Å². The number of carbonyl (C=O) groups excluding carboxylic acids is 1. The summed E-state index contributed by atoms with van der Waals surface area (Å²) in [5, 5.41) is 0. The summed E-state index contributed by atoms with van der Waals surface area (Å²) in [5.74, 6) is 0.565. The number of halogens is 3. The zero-order valence-corrected chi connectivity index (χ0v) is 17.8. The minimum Gasteiger partial charge on any atom is -0.489 e. The van der Waals surface area contributed by atoms with Crippen LogP contribution in [0, 0.1) is 0 Å². The largest absolute Gasteiger partial charge is 0.573 e. The number of carbonyl (C=O) groups is 1. The van der Waals surface area contributed by atoms with Crippen LogP contribution in [-0.2, 0) is 13.2 Å². The lowest BCUT2D eigenvalue weighted by Gasteiger charge is -2.34. The summed E-state index contributed by atoms with van der Waals surface area (Å²) in [7, 11) is 0. The van der Waals surface area contributed by atoms with Crippen molar-refractivity contribution in [2.75, 3.05) is 26.2 Å². The summed E-state index contributed by atoms with van der Waals surface area (Å²) in [6, 6.07) is 16.9. The smallest absolute Gasteiger partial charge is 0.489 e. The second-order valence-electron chi connectivity index (χ2n) is 7.64. The maximum atomic E-state index is 13.0. The Morgan fingerprint density at radius 3 is 2.27 bits per heavy atom. The van der Waals surface area contributed by atoms with E-state index in [1.54, 1.807) is 23.1 Å². The predicted molar refractivity (Wildman–Crippen MR) is 114 cm³/mol. The first-order chi connectivity index (χ1) is 15.9. The molecule has 2 heterocycles. The normalized spacial score (nSPS) is 14.8. The predicted octanol–water partition coefficient (Wildman–Crippen LogP) is 4.72. The van der Waals surface area contributed by atoms with Gasteiger partial charge < -0.3 is 18.8 Å². The van der Waals surface area contributed by atoms with Crippen molar-refractivity contribution in [1.29, 1.82) is 0 Å². The molecule has 0 unspecified atom stereocenters. The number of nitrogens with zero attached hydrogens (tertiary/aromatic N) is 2. The number of amides is 1. The molecular weight excluding hydrogens is 437 g/mol. The van der Waals surface area contributed by atoms with E-state index >= 15 is 0 Å². The topological polar surface area (TPSA) is 55.2 Å². The van der Waals surface area contributed by atoms with E-state index in [1.165, 1.54) is 18.4 Å². The fraction of sp³-hybridized carbons (Fsp3) is 0.292. The van der Waals surface area contributed by atoms with E-state index in [0.29, 0.717) is 44.0 Å². The van der Waals surface area contributed by atoms with Crippen molar-refractivity contribution in [1.82, 2.24) is 9.80 Å². The van der Waals surface area contributed by atoms with Crippen molar-refractivity contribution in [2.45, 2.75) is 19.5 Å². The van der Waals surface area contributed by atoms with Crippen molar-refractivity contribution < 1.29 is 31.9 Å². The van der Waals surface area contributed by atoms with Crippen LogP contribution in [0.2, 0.25) is 0 Å². The number of rotatable bonds is 7. The highest BCUT2D eigenvalue weighted by atomic mass is 19.4. The van der Waals surface area contributed by atoms with Crippen molar-refractivity contribution in [3.63, 3.8) is 0 Å². The van der Waals surface area contributed by atoms with Crippen molar-refractivity contribution >= 4 is 5.91 Å². The average Bonchev–Trinajstić information content (AvgIpc) is 3.27. The van der Waals surface area contributed by atoms with E-state index in [1.807, 2.05) is 30.3 Å². The number of hydrogen-bond acceptors (Lipinski definition) is 5. The van der Waals surface area contributed by atoms with Gasteiger partial charge in [-0.15, -0.1) is 13.2 Å². The van der Waals surface area contributed by atoms with Crippen molar-refractivity contribution in [2.24, 2.45) is 0 Å². The summed E-state index contributed by atoms with van der Waals surface area (Å²) in [6.45, 7) is 3.13. The second kappa shape index (κ2) is 9.99. The van der Waals surface area contributed by atoms with E-state index in [2.05, 4.69) is 9.64 Å². The lowest BCUT2D eigenvalue weighted by atomic mass is 10.1. The molecule has 1 aromatic heterocycles. The highest BCUT2D eigenvalue weighted by Crippen LogP contribution is 2.23. The van der Waals surface area contributed by atoms with Crippen LogP contribution < -0.4 is 9.47 Å². The third-order valence-corrected chi connectivity index (χ3v) is 5.30. The summed E-state index contributed by atoms with van der Waals surface area (Å²) in [4.78, 5) is 16.8. The van der Waals surface area contributed by atoms with Gasteiger partial charge in [-0.1, -0.05) is 30.3 Å². The van der Waals surface area contributed by atoms with Gasteiger partial charge >= 0.3 is 6.36 Å². The molecule has 0 aliphatic carbocycles. The molecule has 1 fully saturated rings. The molecule has 33 heavy (non-hydrogen) atoms. The molecule has 0 bridgehead atoms. The van der Waals surface area contributed by atoms with Crippen LogP contribution in [0.1, 0.15) is 21.7 Å². The Labute approximate surface area is 189 Å². The average molecular weight is 460 g/mol. The maximum Gasteiger partial charge on any atom is 0.573 e. The first-order valence-corrected chi connectivity index (χ1v) is 10.5. The van der Waals surface area contributed by atoms with Gasteiger partial charge in [0.05, 0.1) is 6.26 Å².